The molecule has 2 aromatic carbocycles. The highest BCUT2D eigenvalue weighted by Gasteiger charge is 2.39. The summed E-state index contributed by atoms with van der Waals surface area (Å²) in [5.41, 5.74) is 2.72. The summed E-state index contributed by atoms with van der Waals surface area (Å²) < 4.78 is 27.9. The van der Waals surface area contributed by atoms with E-state index in [0.29, 0.717) is 45.6 Å². The number of rotatable bonds is 2. The van der Waals surface area contributed by atoms with E-state index in [1.807, 2.05) is 26.0 Å². The van der Waals surface area contributed by atoms with E-state index in [1.54, 1.807) is 19.2 Å². The van der Waals surface area contributed by atoms with E-state index in [2.05, 4.69) is 0 Å². The largest absolute Gasteiger partial charge is 0.493 e. The minimum atomic E-state index is -0.381. The summed E-state index contributed by atoms with van der Waals surface area (Å²) in [7, 11) is 1.55. The molecule has 0 aromatic heterocycles. The first-order valence-electron chi connectivity index (χ1n) is 9.23. The van der Waals surface area contributed by atoms with Gasteiger partial charge in [-0.25, -0.2) is 0 Å². The molecule has 1 atom stereocenters. The molecule has 3 aliphatic heterocycles. The third-order valence-corrected chi connectivity index (χ3v) is 5.29. The molecule has 3 heterocycles. The first-order valence-corrected chi connectivity index (χ1v) is 9.23. The van der Waals surface area contributed by atoms with Crippen LogP contribution < -0.4 is 23.7 Å². The van der Waals surface area contributed by atoms with Crippen LogP contribution in [0.3, 0.4) is 0 Å². The summed E-state index contributed by atoms with van der Waals surface area (Å²) >= 11 is 0. The van der Waals surface area contributed by atoms with Crippen LogP contribution in [0.5, 0.6) is 28.7 Å². The Kier molecular flexibility index (Phi) is 3.81. The fourth-order valence-corrected chi connectivity index (χ4v) is 3.96. The molecule has 0 N–H and O–H groups in total. The highest BCUT2D eigenvalue weighted by atomic mass is 16.7. The quantitative estimate of drug-likeness (QED) is 0.436. The van der Waals surface area contributed by atoms with Crippen molar-refractivity contribution in [2.24, 2.45) is 0 Å². The summed E-state index contributed by atoms with van der Waals surface area (Å²) in [6.07, 6.45) is 0.105. The van der Waals surface area contributed by atoms with Gasteiger partial charge in [0.2, 0.25) is 18.3 Å². The zero-order chi connectivity index (χ0) is 20.3. The molecular formula is C22H18O7. The zero-order valence-electron chi connectivity index (χ0n) is 16.2. The Morgan fingerprint density at radius 2 is 1.86 bits per heavy atom. The third-order valence-electron chi connectivity index (χ3n) is 5.29. The fraction of sp³-hybridized carbons (Fsp3) is 0.273. The van der Waals surface area contributed by atoms with Gasteiger partial charge in [-0.1, -0.05) is 0 Å². The number of hydrogen-bond acceptors (Lipinski definition) is 7. The van der Waals surface area contributed by atoms with Crippen molar-refractivity contribution in [1.82, 2.24) is 0 Å². The van der Waals surface area contributed by atoms with Crippen LogP contribution in [0.2, 0.25) is 0 Å². The van der Waals surface area contributed by atoms with Crippen molar-refractivity contribution in [2.75, 3.05) is 13.9 Å². The number of benzene rings is 2. The Hall–Kier alpha value is -3.48. The standard InChI is InChI=1S/C22H18O7/c1-10(2)20-19(24)12-4-5-14-18(21(12)29-20)13(8-17(23)28-14)11-6-15(25-3)22-16(7-11)26-9-27-22/h4-7,13H,8-9H2,1-3H3/t13-/m0/s1. The number of carbonyl (C=O) groups is 2. The van der Waals surface area contributed by atoms with Crippen LogP contribution in [0.4, 0.5) is 0 Å². The van der Waals surface area contributed by atoms with Crippen LogP contribution in [0.25, 0.3) is 0 Å². The van der Waals surface area contributed by atoms with Crippen LogP contribution in [0, 0.1) is 0 Å². The summed E-state index contributed by atoms with van der Waals surface area (Å²) in [4.78, 5) is 25.0. The number of esters is 1. The van der Waals surface area contributed by atoms with E-state index in [4.69, 9.17) is 23.7 Å². The lowest BCUT2D eigenvalue weighted by Crippen LogP contribution is -2.21. The number of carbonyl (C=O) groups excluding carboxylic acids is 2. The fourth-order valence-electron chi connectivity index (χ4n) is 3.96. The van der Waals surface area contributed by atoms with Crippen molar-refractivity contribution in [2.45, 2.75) is 26.2 Å². The van der Waals surface area contributed by atoms with Crippen molar-refractivity contribution in [3.63, 3.8) is 0 Å². The van der Waals surface area contributed by atoms with Gasteiger partial charge >= 0.3 is 5.97 Å². The lowest BCUT2D eigenvalue weighted by Gasteiger charge is -2.26. The van der Waals surface area contributed by atoms with Gasteiger partial charge in [0.15, 0.2) is 17.3 Å². The average Bonchev–Trinajstić information content (AvgIpc) is 3.30. The van der Waals surface area contributed by atoms with Crippen molar-refractivity contribution in [1.29, 1.82) is 0 Å². The highest BCUT2D eigenvalue weighted by Crippen LogP contribution is 2.51. The van der Waals surface area contributed by atoms with E-state index in [9.17, 15) is 9.59 Å². The summed E-state index contributed by atoms with van der Waals surface area (Å²) in [5.74, 6) is 1.85. The second-order valence-corrected chi connectivity index (χ2v) is 7.30. The number of ketones is 1. The minimum Gasteiger partial charge on any atom is -0.493 e. The lowest BCUT2D eigenvalue weighted by atomic mass is 9.84. The van der Waals surface area contributed by atoms with E-state index >= 15 is 0 Å². The summed E-state index contributed by atoms with van der Waals surface area (Å²) in [5, 5.41) is 0. The SMILES string of the molecule is COc1cc([C@@H]2CC(=O)Oc3ccc4c(c32)OC(=C(C)C)C4=O)cc2c1OCO2. The smallest absolute Gasteiger partial charge is 0.312 e. The Bertz CT molecular complexity index is 1110. The van der Waals surface area contributed by atoms with Crippen LogP contribution in [0.15, 0.2) is 35.6 Å². The van der Waals surface area contributed by atoms with Gasteiger partial charge in [-0.2, -0.15) is 0 Å². The zero-order valence-corrected chi connectivity index (χ0v) is 16.2. The topological polar surface area (TPSA) is 80.3 Å². The van der Waals surface area contributed by atoms with Crippen LogP contribution in [-0.4, -0.2) is 25.7 Å². The molecule has 7 heteroatoms. The summed E-state index contributed by atoms with van der Waals surface area (Å²) in [6, 6.07) is 6.94. The predicted molar refractivity (Wildman–Crippen MR) is 101 cm³/mol. The molecule has 0 radical (unpaired) electrons. The van der Waals surface area contributed by atoms with Gasteiger partial charge in [-0.15, -0.1) is 0 Å². The molecule has 0 bridgehead atoms. The number of allylic oxidation sites excluding steroid dienone is 2. The second kappa shape index (κ2) is 6.27. The molecule has 5 rings (SSSR count). The first-order chi connectivity index (χ1) is 14.0. The van der Waals surface area contributed by atoms with Gasteiger partial charge < -0.3 is 23.7 Å². The lowest BCUT2D eigenvalue weighted by molar-refractivity contribution is -0.135. The Balaban J connectivity index is 1.70. The monoisotopic (exact) mass is 394 g/mol. The van der Waals surface area contributed by atoms with Crippen molar-refractivity contribution in [3.8, 4) is 28.7 Å². The van der Waals surface area contributed by atoms with Gasteiger partial charge in [0.1, 0.15) is 11.5 Å². The third kappa shape index (κ3) is 2.57. The Labute approximate surface area is 166 Å². The average molecular weight is 394 g/mol. The van der Waals surface area contributed by atoms with Gasteiger partial charge in [0.25, 0.3) is 0 Å². The molecule has 7 nitrogen and oxygen atoms in total. The number of methoxy groups -OCH3 is 1. The molecule has 0 amide bonds. The molecular weight excluding hydrogens is 376 g/mol. The molecule has 0 spiro atoms. The van der Waals surface area contributed by atoms with Crippen LogP contribution in [0.1, 0.15) is 47.7 Å². The Morgan fingerprint density at radius 3 is 2.62 bits per heavy atom. The molecule has 2 aromatic rings. The van der Waals surface area contributed by atoms with E-state index in [-0.39, 0.29) is 30.9 Å². The van der Waals surface area contributed by atoms with Gasteiger partial charge in [0.05, 0.1) is 19.1 Å². The van der Waals surface area contributed by atoms with Crippen molar-refractivity contribution >= 4 is 11.8 Å². The maximum absolute atomic E-state index is 12.7. The van der Waals surface area contributed by atoms with E-state index in [1.165, 1.54) is 0 Å². The van der Waals surface area contributed by atoms with Crippen LogP contribution in [-0.2, 0) is 4.79 Å². The number of fused-ring (bicyclic) bond motifs is 4. The molecule has 0 fully saturated rings. The first kappa shape index (κ1) is 17.6. The molecule has 0 aliphatic carbocycles. The van der Waals surface area contributed by atoms with Crippen molar-refractivity contribution < 1.29 is 33.3 Å². The normalized spacial score (nSPS) is 18.7. The molecule has 0 saturated heterocycles. The predicted octanol–water partition coefficient (Wildman–Crippen LogP) is 3.73. The highest BCUT2D eigenvalue weighted by molar-refractivity contribution is 6.13. The van der Waals surface area contributed by atoms with Gasteiger partial charge in [-0.05, 0) is 49.2 Å². The maximum Gasteiger partial charge on any atom is 0.312 e. The molecule has 0 unspecified atom stereocenters. The van der Waals surface area contributed by atoms with Gasteiger partial charge in [0, 0.05) is 11.5 Å². The summed E-state index contributed by atoms with van der Waals surface area (Å²) in [6.45, 7) is 3.76. The molecule has 148 valence electrons. The minimum absolute atomic E-state index is 0.105. The van der Waals surface area contributed by atoms with Crippen LogP contribution >= 0.6 is 0 Å². The number of ether oxygens (including phenoxy) is 5. The van der Waals surface area contributed by atoms with Crippen molar-refractivity contribution in [3.05, 3.63) is 52.3 Å². The van der Waals surface area contributed by atoms with E-state index < -0.39 is 0 Å². The molecule has 3 aliphatic rings. The molecule has 29 heavy (non-hydrogen) atoms. The second-order valence-electron chi connectivity index (χ2n) is 7.30. The van der Waals surface area contributed by atoms with Gasteiger partial charge in [-0.3, -0.25) is 9.59 Å². The Morgan fingerprint density at radius 1 is 1.03 bits per heavy atom. The number of hydrogen-bond donors (Lipinski definition) is 0. The number of Topliss-reactive ketones (excluding diaryl/α,β-unsaturated/α-hetero) is 1. The van der Waals surface area contributed by atoms with E-state index in [0.717, 1.165) is 11.1 Å². The maximum atomic E-state index is 12.7. The molecule has 0 saturated carbocycles.